The van der Waals surface area contributed by atoms with Crippen molar-refractivity contribution in [1.29, 1.82) is 0 Å². The Balaban J connectivity index is 1.77. The van der Waals surface area contributed by atoms with Gasteiger partial charge in [0.05, 0.1) is 22.7 Å². The van der Waals surface area contributed by atoms with Crippen LogP contribution in [0.1, 0.15) is 5.56 Å². The van der Waals surface area contributed by atoms with Crippen molar-refractivity contribution in [3.8, 4) is 11.5 Å². The Bertz CT molecular complexity index is 1120. The van der Waals surface area contributed by atoms with E-state index < -0.39 is 23.6 Å². The number of ether oxygens (including phenoxy) is 2. The first-order valence-corrected chi connectivity index (χ1v) is 11.2. The molecule has 3 rings (SSSR count). The molecule has 32 heavy (non-hydrogen) atoms. The fourth-order valence-corrected chi connectivity index (χ4v) is 4.20. The second-order valence-corrected chi connectivity index (χ2v) is 8.67. The molecule has 0 saturated carbocycles. The number of para-hydroxylation sites is 1. The molecule has 0 radical (unpaired) electrons. The zero-order valence-electron chi connectivity index (χ0n) is 16.9. The van der Waals surface area contributed by atoms with Crippen molar-refractivity contribution in [2.75, 3.05) is 25.6 Å². The van der Waals surface area contributed by atoms with Gasteiger partial charge in [-0.25, -0.2) is 0 Å². The first-order chi connectivity index (χ1) is 15.3. The molecule has 1 heterocycles. The van der Waals surface area contributed by atoms with E-state index in [0.29, 0.717) is 38.9 Å². The summed E-state index contributed by atoms with van der Waals surface area (Å²) in [6, 6.07) is 10.1. The van der Waals surface area contributed by atoms with Gasteiger partial charge in [-0.3, -0.25) is 19.3 Å². The van der Waals surface area contributed by atoms with E-state index in [1.807, 2.05) is 0 Å². The van der Waals surface area contributed by atoms with Gasteiger partial charge in [-0.15, -0.1) is 0 Å². The third-order valence-electron chi connectivity index (χ3n) is 4.25. The highest BCUT2D eigenvalue weighted by molar-refractivity contribution is 9.10. The number of thioether (sulfide) groups is 1. The minimum atomic E-state index is -0.563. The maximum absolute atomic E-state index is 12.8. The van der Waals surface area contributed by atoms with Gasteiger partial charge in [0.1, 0.15) is 13.2 Å². The molecule has 1 saturated heterocycles. The number of hydrogen-bond acceptors (Lipinski definition) is 6. The average molecular weight is 538 g/mol. The Morgan fingerprint density at radius 1 is 1.28 bits per heavy atom. The third-order valence-corrected chi connectivity index (χ3v) is 6.17. The van der Waals surface area contributed by atoms with Crippen molar-refractivity contribution in [2.45, 2.75) is 0 Å². The van der Waals surface area contributed by atoms with Crippen LogP contribution in [0.3, 0.4) is 0 Å². The predicted molar refractivity (Wildman–Crippen MR) is 129 cm³/mol. The number of nitrogens with one attached hydrogen (secondary N) is 1. The average Bonchev–Trinajstić information content (AvgIpc) is 3.02. The van der Waals surface area contributed by atoms with Gasteiger partial charge in [-0.2, -0.15) is 0 Å². The van der Waals surface area contributed by atoms with E-state index in [-0.39, 0.29) is 4.91 Å². The topological polar surface area (TPSA) is 84.9 Å². The molecule has 1 fully saturated rings. The van der Waals surface area contributed by atoms with E-state index >= 15 is 0 Å². The number of benzene rings is 2. The van der Waals surface area contributed by atoms with Crippen molar-refractivity contribution < 1.29 is 23.9 Å². The van der Waals surface area contributed by atoms with E-state index in [1.165, 1.54) is 7.11 Å². The smallest absolute Gasteiger partial charge is 0.294 e. The summed E-state index contributed by atoms with van der Waals surface area (Å²) in [6.45, 7) is 3.49. The minimum Gasteiger partial charge on any atom is -0.493 e. The molecule has 10 heteroatoms. The molecule has 1 aliphatic rings. The standard InChI is InChI=1S/C22H18BrClN2O5S/c1-3-8-31-18-11-14(23)13(9-17(18)30-2)10-19-21(28)26(22(29)32-19)12-20(27)25-16-7-5-4-6-15(16)24/h3-7,9-11H,1,8,12H2,2H3,(H,25,27)/b19-10+. The minimum absolute atomic E-state index is 0.183. The molecular weight excluding hydrogens is 520 g/mol. The summed E-state index contributed by atoms with van der Waals surface area (Å²) in [5, 5.41) is 2.42. The highest BCUT2D eigenvalue weighted by Gasteiger charge is 2.36. The van der Waals surface area contributed by atoms with Gasteiger partial charge < -0.3 is 14.8 Å². The highest BCUT2D eigenvalue weighted by atomic mass is 79.9. The predicted octanol–water partition coefficient (Wildman–Crippen LogP) is 5.35. The second kappa shape index (κ2) is 10.7. The van der Waals surface area contributed by atoms with E-state index in [1.54, 1.807) is 48.6 Å². The van der Waals surface area contributed by atoms with Gasteiger partial charge in [0, 0.05) is 4.47 Å². The molecule has 3 amide bonds. The summed E-state index contributed by atoms with van der Waals surface area (Å²) in [5.74, 6) is -0.138. The zero-order chi connectivity index (χ0) is 23.3. The number of methoxy groups -OCH3 is 1. The lowest BCUT2D eigenvalue weighted by molar-refractivity contribution is -0.127. The van der Waals surface area contributed by atoms with Crippen LogP contribution in [0.15, 0.2) is 58.4 Å². The second-order valence-electron chi connectivity index (χ2n) is 6.42. The summed E-state index contributed by atoms with van der Waals surface area (Å²) in [6.07, 6.45) is 3.17. The van der Waals surface area contributed by atoms with Crippen LogP contribution in [0.25, 0.3) is 6.08 Å². The fourth-order valence-electron chi connectivity index (χ4n) is 2.76. The van der Waals surface area contributed by atoms with E-state index in [4.69, 9.17) is 21.1 Å². The molecule has 1 aliphatic heterocycles. The highest BCUT2D eigenvalue weighted by Crippen LogP contribution is 2.38. The molecule has 1 N–H and O–H groups in total. The third kappa shape index (κ3) is 5.53. The summed E-state index contributed by atoms with van der Waals surface area (Å²) < 4.78 is 11.5. The van der Waals surface area contributed by atoms with Crippen LogP contribution in [-0.2, 0) is 9.59 Å². The van der Waals surface area contributed by atoms with Crippen molar-refractivity contribution in [3.63, 3.8) is 0 Å². The van der Waals surface area contributed by atoms with Crippen molar-refractivity contribution in [3.05, 3.63) is 69.0 Å². The lowest BCUT2D eigenvalue weighted by atomic mass is 10.2. The lowest BCUT2D eigenvalue weighted by Crippen LogP contribution is -2.36. The van der Waals surface area contributed by atoms with Gasteiger partial charge in [-0.05, 0) is 47.7 Å². The van der Waals surface area contributed by atoms with Crippen LogP contribution in [0.4, 0.5) is 10.5 Å². The van der Waals surface area contributed by atoms with E-state index in [9.17, 15) is 14.4 Å². The Morgan fingerprint density at radius 3 is 2.72 bits per heavy atom. The van der Waals surface area contributed by atoms with Crippen LogP contribution in [0.5, 0.6) is 11.5 Å². The van der Waals surface area contributed by atoms with Crippen LogP contribution < -0.4 is 14.8 Å². The van der Waals surface area contributed by atoms with E-state index in [2.05, 4.69) is 27.8 Å². The number of anilines is 1. The molecule has 2 aromatic carbocycles. The van der Waals surface area contributed by atoms with Crippen LogP contribution >= 0.6 is 39.3 Å². The summed E-state index contributed by atoms with van der Waals surface area (Å²) in [4.78, 5) is 38.6. The molecule has 0 bridgehead atoms. The molecule has 166 valence electrons. The first kappa shape index (κ1) is 23.9. The SMILES string of the molecule is C=CCOc1cc(Br)c(/C=C2/SC(=O)N(CC(=O)Nc3ccccc3Cl)C2=O)cc1OC. The summed E-state index contributed by atoms with van der Waals surface area (Å²) in [5.41, 5.74) is 1.01. The van der Waals surface area contributed by atoms with Crippen molar-refractivity contribution in [2.24, 2.45) is 0 Å². The Morgan fingerprint density at radius 2 is 2.03 bits per heavy atom. The first-order valence-electron chi connectivity index (χ1n) is 9.25. The number of carbonyl (C=O) groups is 3. The molecule has 2 aromatic rings. The maximum Gasteiger partial charge on any atom is 0.294 e. The molecule has 0 atom stereocenters. The number of imide groups is 1. The van der Waals surface area contributed by atoms with E-state index in [0.717, 1.165) is 16.7 Å². The van der Waals surface area contributed by atoms with Gasteiger partial charge in [0.15, 0.2) is 11.5 Å². The molecule has 0 aromatic heterocycles. The largest absolute Gasteiger partial charge is 0.493 e. The van der Waals surface area contributed by atoms with Gasteiger partial charge in [-0.1, -0.05) is 52.3 Å². The van der Waals surface area contributed by atoms with Crippen molar-refractivity contribution >= 4 is 68.1 Å². The fraction of sp³-hybridized carbons (Fsp3) is 0.136. The number of nitrogens with zero attached hydrogens (tertiary/aromatic N) is 1. The molecular formula is C22H18BrClN2O5S. The van der Waals surface area contributed by atoms with Gasteiger partial charge >= 0.3 is 0 Å². The number of halogens is 2. The Kier molecular flexibility index (Phi) is 8.00. The Hall–Kier alpha value is -2.75. The summed E-state index contributed by atoms with van der Waals surface area (Å²) in [7, 11) is 1.50. The normalized spacial score (nSPS) is 14.6. The number of carbonyl (C=O) groups excluding carboxylic acids is 3. The lowest BCUT2D eigenvalue weighted by Gasteiger charge is -2.13. The van der Waals surface area contributed by atoms with Gasteiger partial charge in [0.25, 0.3) is 11.1 Å². The quantitative estimate of drug-likeness (QED) is 0.361. The zero-order valence-corrected chi connectivity index (χ0v) is 20.1. The van der Waals surface area contributed by atoms with Crippen LogP contribution in [-0.4, -0.2) is 42.2 Å². The van der Waals surface area contributed by atoms with Crippen LogP contribution in [0, 0.1) is 0 Å². The Labute approximate surface area is 202 Å². The number of amides is 3. The number of hydrogen-bond donors (Lipinski definition) is 1. The molecule has 0 unspecified atom stereocenters. The monoisotopic (exact) mass is 536 g/mol. The van der Waals surface area contributed by atoms with Crippen molar-refractivity contribution in [1.82, 2.24) is 4.90 Å². The maximum atomic E-state index is 12.8. The summed E-state index contributed by atoms with van der Waals surface area (Å²) >= 11 is 10.2. The molecule has 0 aliphatic carbocycles. The van der Waals surface area contributed by atoms with Gasteiger partial charge in [0.2, 0.25) is 5.91 Å². The molecule has 0 spiro atoms. The van der Waals surface area contributed by atoms with Crippen LogP contribution in [0.2, 0.25) is 5.02 Å². The number of rotatable bonds is 8. The molecule has 7 nitrogen and oxygen atoms in total.